The fourth-order valence-electron chi connectivity index (χ4n) is 3.76. The van der Waals surface area contributed by atoms with Crippen molar-refractivity contribution in [1.82, 2.24) is 4.90 Å². The Bertz CT molecular complexity index is 430. The monoisotopic (exact) mass is 274 g/mol. The summed E-state index contributed by atoms with van der Waals surface area (Å²) in [5.74, 6) is 0.860. The average molecular weight is 274 g/mol. The van der Waals surface area contributed by atoms with Crippen molar-refractivity contribution in [3.8, 4) is 0 Å². The molecule has 2 N–H and O–H groups in total. The van der Waals surface area contributed by atoms with Crippen LogP contribution in [-0.2, 0) is 0 Å². The SMILES string of the molecule is Cc1cc(C)c(C(CN)N2CCCC(C)CC2)c(C)c1. The molecule has 2 heteroatoms. The van der Waals surface area contributed by atoms with Gasteiger partial charge in [0.25, 0.3) is 0 Å². The molecule has 2 rings (SSSR count). The molecule has 1 fully saturated rings. The summed E-state index contributed by atoms with van der Waals surface area (Å²) in [6.07, 6.45) is 3.97. The second-order valence-corrected chi connectivity index (χ2v) is 6.64. The zero-order chi connectivity index (χ0) is 14.7. The number of benzene rings is 1. The van der Waals surface area contributed by atoms with Crippen LogP contribution in [0.25, 0.3) is 0 Å². The van der Waals surface area contributed by atoms with Gasteiger partial charge in [-0.1, -0.05) is 24.6 Å². The summed E-state index contributed by atoms with van der Waals surface area (Å²) in [6, 6.07) is 4.98. The Morgan fingerprint density at radius 1 is 1.15 bits per heavy atom. The van der Waals surface area contributed by atoms with Gasteiger partial charge < -0.3 is 5.73 Å². The van der Waals surface area contributed by atoms with Crippen LogP contribution < -0.4 is 5.73 Å². The molecule has 0 spiro atoms. The standard InChI is InChI=1S/C18H30N2/c1-13-6-5-8-20(9-7-13)17(12-19)18-15(3)10-14(2)11-16(18)4/h10-11,13,17H,5-9,12,19H2,1-4H3. The lowest BCUT2D eigenvalue weighted by Gasteiger charge is -2.32. The summed E-state index contributed by atoms with van der Waals surface area (Å²) >= 11 is 0. The van der Waals surface area contributed by atoms with E-state index in [2.05, 4.69) is 44.7 Å². The third-order valence-electron chi connectivity index (χ3n) is 4.79. The lowest BCUT2D eigenvalue weighted by atomic mass is 9.93. The van der Waals surface area contributed by atoms with E-state index >= 15 is 0 Å². The van der Waals surface area contributed by atoms with E-state index in [0.717, 1.165) is 12.5 Å². The van der Waals surface area contributed by atoms with Crippen LogP contribution in [0, 0.1) is 26.7 Å². The van der Waals surface area contributed by atoms with Gasteiger partial charge in [0.1, 0.15) is 0 Å². The lowest BCUT2D eigenvalue weighted by Crippen LogP contribution is -2.35. The maximum absolute atomic E-state index is 6.16. The predicted octanol–water partition coefficient (Wildman–Crippen LogP) is 3.73. The fourth-order valence-corrected chi connectivity index (χ4v) is 3.76. The summed E-state index contributed by atoms with van der Waals surface area (Å²) in [6.45, 7) is 12.1. The number of nitrogens with two attached hydrogens (primary N) is 1. The van der Waals surface area contributed by atoms with Gasteiger partial charge in [-0.3, -0.25) is 4.90 Å². The van der Waals surface area contributed by atoms with Gasteiger partial charge in [-0.15, -0.1) is 0 Å². The predicted molar refractivity (Wildman–Crippen MR) is 87.0 cm³/mol. The van der Waals surface area contributed by atoms with Crippen LogP contribution in [0.5, 0.6) is 0 Å². The molecular formula is C18H30N2. The molecule has 1 aliphatic rings. The van der Waals surface area contributed by atoms with Gasteiger partial charge in [-0.25, -0.2) is 0 Å². The Morgan fingerprint density at radius 3 is 2.40 bits per heavy atom. The van der Waals surface area contributed by atoms with Gasteiger partial charge in [0.15, 0.2) is 0 Å². The van der Waals surface area contributed by atoms with Crippen molar-refractivity contribution >= 4 is 0 Å². The maximum atomic E-state index is 6.16. The van der Waals surface area contributed by atoms with Crippen molar-refractivity contribution in [3.63, 3.8) is 0 Å². The third-order valence-corrected chi connectivity index (χ3v) is 4.79. The largest absolute Gasteiger partial charge is 0.329 e. The van der Waals surface area contributed by atoms with E-state index in [1.54, 1.807) is 0 Å². The summed E-state index contributed by atoms with van der Waals surface area (Å²) < 4.78 is 0. The molecule has 1 heterocycles. The van der Waals surface area contributed by atoms with Crippen molar-refractivity contribution in [3.05, 3.63) is 34.4 Å². The molecule has 1 aromatic carbocycles. The van der Waals surface area contributed by atoms with Crippen LogP contribution in [0.4, 0.5) is 0 Å². The zero-order valence-corrected chi connectivity index (χ0v) is 13.6. The van der Waals surface area contributed by atoms with Gasteiger partial charge in [-0.05, 0) is 75.7 Å². The van der Waals surface area contributed by atoms with E-state index in [9.17, 15) is 0 Å². The first-order valence-corrected chi connectivity index (χ1v) is 8.04. The molecule has 1 aromatic rings. The van der Waals surface area contributed by atoms with Crippen LogP contribution >= 0.6 is 0 Å². The number of aryl methyl sites for hydroxylation is 3. The molecule has 2 nitrogen and oxygen atoms in total. The number of nitrogens with zero attached hydrogens (tertiary/aromatic N) is 1. The molecule has 0 bridgehead atoms. The number of hydrogen-bond acceptors (Lipinski definition) is 2. The molecule has 2 atom stereocenters. The zero-order valence-electron chi connectivity index (χ0n) is 13.6. The van der Waals surface area contributed by atoms with Crippen molar-refractivity contribution in [2.45, 2.75) is 53.0 Å². The second kappa shape index (κ2) is 6.73. The molecule has 0 aromatic heterocycles. The van der Waals surface area contributed by atoms with Gasteiger partial charge in [-0.2, -0.15) is 0 Å². The maximum Gasteiger partial charge on any atom is 0.0475 e. The first kappa shape index (κ1) is 15.5. The topological polar surface area (TPSA) is 29.3 Å². The highest BCUT2D eigenvalue weighted by atomic mass is 15.2. The van der Waals surface area contributed by atoms with E-state index in [1.807, 2.05) is 0 Å². The number of likely N-dealkylation sites (tertiary alicyclic amines) is 1. The van der Waals surface area contributed by atoms with Crippen LogP contribution in [0.15, 0.2) is 12.1 Å². The van der Waals surface area contributed by atoms with Crippen LogP contribution in [0.3, 0.4) is 0 Å². The van der Waals surface area contributed by atoms with Crippen molar-refractivity contribution in [2.75, 3.05) is 19.6 Å². The lowest BCUT2D eigenvalue weighted by molar-refractivity contribution is 0.206. The molecule has 0 radical (unpaired) electrons. The van der Waals surface area contributed by atoms with Crippen LogP contribution in [0.1, 0.15) is 54.5 Å². The second-order valence-electron chi connectivity index (χ2n) is 6.64. The van der Waals surface area contributed by atoms with E-state index in [0.29, 0.717) is 6.04 Å². The highest BCUT2D eigenvalue weighted by molar-refractivity contribution is 5.40. The van der Waals surface area contributed by atoms with E-state index in [-0.39, 0.29) is 0 Å². The van der Waals surface area contributed by atoms with Crippen molar-refractivity contribution in [1.29, 1.82) is 0 Å². The Hall–Kier alpha value is -0.860. The summed E-state index contributed by atoms with van der Waals surface area (Å²) in [5.41, 5.74) is 11.8. The average Bonchev–Trinajstić information content (AvgIpc) is 2.58. The molecule has 20 heavy (non-hydrogen) atoms. The number of rotatable bonds is 3. The minimum Gasteiger partial charge on any atom is -0.329 e. The van der Waals surface area contributed by atoms with Gasteiger partial charge in [0.05, 0.1) is 0 Å². The van der Waals surface area contributed by atoms with E-state index in [4.69, 9.17) is 5.73 Å². The molecule has 0 saturated carbocycles. The van der Waals surface area contributed by atoms with Crippen molar-refractivity contribution < 1.29 is 0 Å². The number of hydrogen-bond donors (Lipinski definition) is 1. The molecule has 0 aliphatic carbocycles. The summed E-state index contributed by atoms with van der Waals surface area (Å²) in [7, 11) is 0. The molecular weight excluding hydrogens is 244 g/mol. The molecule has 112 valence electrons. The van der Waals surface area contributed by atoms with E-state index < -0.39 is 0 Å². The van der Waals surface area contributed by atoms with Crippen LogP contribution in [-0.4, -0.2) is 24.5 Å². The highest BCUT2D eigenvalue weighted by Gasteiger charge is 2.24. The normalized spacial score (nSPS) is 22.6. The Kier molecular flexibility index (Phi) is 5.22. The van der Waals surface area contributed by atoms with Gasteiger partial charge in [0, 0.05) is 12.6 Å². The molecule has 1 saturated heterocycles. The van der Waals surface area contributed by atoms with Gasteiger partial charge >= 0.3 is 0 Å². The molecule has 2 unspecified atom stereocenters. The highest BCUT2D eigenvalue weighted by Crippen LogP contribution is 2.30. The fraction of sp³-hybridized carbons (Fsp3) is 0.667. The van der Waals surface area contributed by atoms with E-state index in [1.165, 1.54) is 54.6 Å². The van der Waals surface area contributed by atoms with Crippen molar-refractivity contribution in [2.24, 2.45) is 11.7 Å². The smallest absolute Gasteiger partial charge is 0.0475 e. The third kappa shape index (κ3) is 3.42. The Morgan fingerprint density at radius 2 is 1.80 bits per heavy atom. The quantitative estimate of drug-likeness (QED) is 0.910. The summed E-state index contributed by atoms with van der Waals surface area (Å²) in [4.78, 5) is 2.62. The Balaban J connectivity index is 2.28. The van der Waals surface area contributed by atoms with Gasteiger partial charge in [0.2, 0.25) is 0 Å². The summed E-state index contributed by atoms with van der Waals surface area (Å²) in [5, 5.41) is 0. The minimum atomic E-state index is 0.390. The first-order chi connectivity index (χ1) is 9.52. The molecule has 1 aliphatic heterocycles. The first-order valence-electron chi connectivity index (χ1n) is 8.04. The minimum absolute atomic E-state index is 0.390. The van der Waals surface area contributed by atoms with Crippen LogP contribution in [0.2, 0.25) is 0 Å². The Labute approximate surface area is 124 Å². The molecule has 0 amide bonds.